The molecule has 0 heterocycles. The molecule has 0 aliphatic rings. The van der Waals surface area contributed by atoms with Crippen molar-refractivity contribution in [2.45, 2.75) is 13.8 Å². The molecule has 0 spiro atoms. The van der Waals surface area contributed by atoms with Gasteiger partial charge in [-0.3, -0.25) is 0 Å². The van der Waals surface area contributed by atoms with E-state index in [4.69, 9.17) is 0 Å². The minimum atomic E-state index is 1.72. The van der Waals surface area contributed by atoms with Crippen LogP contribution in [0.5, 0.6) is 0 Å². The summed E-state index contributed by atoms with van der Waals surface area (Å²) >= 11 is 0. The summed E-state index contributed by atoms with van der Waals surface area (Å²) in [5.41, 5.74) is 0. The molecule has 0 aromatic rings. The zero-order chi connectivity index (χ0) is 5.54. The Balaban J connectivity index is 3.21. The molecule has 0 unspecified atom stereocenters. The normalized spacial score (nSPS) is 4.29. The van der Waals surface area contributed by atoms with Crippen LogP contribution in [0, 0.1) is 23.9 Å². The molecule has 0 aromatic heterocycles. The van der Waals surface area contributed by atoms with Gasteiger partial charge in [-0.1, -0.05) is 11.8 Å². The maximum atomic E-state index is 3.49. The van der Waals surface area contributed by atoms with E-state index >= 15 is 0 Å². The summed E-state index contributed by atoms with van der Waals surface area (Å²) in [4.78, 5) is 0. The van der Waals surface area contributed by atoms with Crippen molar-refractivity contribution in [1.82, 2.24) is 5.32 Å². The first-order valence-corrected chi connectivity index (χ1v) is 1.95. The van der Waals surface area contributed by atoms with Gasteiger partial charge in [0.15, 0.2) is 0 Å². The molecule has 0 N–H and O–H groups in total. The van der Waals surface area contributed by atoms with E-state index in [0.29, 0.717) is 0 Å². The van der Waals surface area contributed by atoms with Gasteiger partial charge in [0.25, 0.3) is 0 Å². The van der Waals surface area contributed by atoms with Crippen LogP contribution in [0.15, 0.2) is 0 Å². The molecule has 0 aliphatic carbocycles. The van der Waals surface area contributed by atoms with Crippen molar-refractivity contribution < 1.29 is 0 Å². The fourth-order valence-corrected chi connectivity index (χ4v) is 0.140. The lowest BCUT2D eigenvalue weighted by Crippen LogP contribution is -1.79. The summed E-state index contributed by atoms with van der Waals surface area (Å²) in [6.45, 7) is 3.45. The van der Waals surface area contributed by atoms with E-state index in [1.54, 1.807) is 13.8 Å². The van der Waals surface area contributed by atoms with Crippen LogP contribution in [0.3, 0.4) is 0 Å². The molecule has 0 amide bonds. The Kier molecular flexibility index (Phi) is 4.16. The van der Waals surface area contributed by atoms with Gasteiger partial charge in [-0.15, -0.1) is 5.32 Å². The molecule has 0 fully saturated rings. The Morgan fingerprint density at radius 2 is 1.43 bits per heavy atom. The summed E-state index contributed by atoms with van der Waals surface area (Å²) in [6, 6.07) is 4.90. The minimum Gasteiger partial charge on any atom is -0.146 e. The van der Waals surface area contributed by atoms with Crippen molar-refractivity contribution in [1.29, 1.82) is 0 Å². The van der Waals surface area contributed by atoms with Gasteiger partial charge in [0.2, 0.25) is 0 Å². The second kappa shape index (κ2) is 4.92. The van der Waals surface area contributed by atoms with E-state index in [1.807, 2.05) is 0 Å². The summed E-state index contributed by atoms with van der Waals surface area (Å²) in [5, 5.41) is 3.49. The molecule has 0 aromatic carbocycles. The second-order valence-electron chi connectivity index (χ2n) is 0.835. The first-order valence-electron chi connectivity index (χ1n) is 1.95. The lowest BCUT2D eigenvalue weighted by molar-refractivity contribution is 1.30. The standard InChI is InChI=1S/C6H6N/c1-3-5-7-6-4-2/h1-2H3. The number of nitrogens with zero attached hydrogens (tertiary/aromatic N) is 1. The SMILES string of the molecule is CC#C[N]C#CC. The quantitative estimate of drug-likeness (QED) is 0.387. The third kappa shape index (κ3) is 4.92. The first kappa shape index (κ1) is 5.92. The van der Waals surface area contributed by atoms with Gasteiger partial charge >= 0.3 is 0 Å². The van der Waals surface area contributed by atoms with Crippen molar-refractivity contribution in [3.05, 3.63) is 0 Å². The molecule has 1 radical (unpaired) electrons. The lowest BCUT2D eigenvalue weighted by Gasteiger charge is -1.64. The largest absolute Gasteiger partial charge is 0.146 e. The topological polar surface area (TPSA) is 14.1 Å². The molecular formula is C6H6N. The van der Waals surface area contributed by atoms with Crippen LogP contribution in [0.4, 0.5) is 0 Å². The molecule has 0 aliphatic heterocycles. The van der Waals surface area contributed by atoms with E-state index < -0.39 is 0 Å². The van der Waals surface area contributed by atoms with Crippen molar-refractivity contribution >= 4 is 0 Å². The van der Waals surface area contributed by atoms with E-state index in [2.05, 4.69) is 29.2 Å². The zero-order valence-electron chi connectivity index (χ0n) is 4.45. The summed E-state index contributed by atoms with van der Waals surface area (Å²) in [5.74, 6) is 5.17. The number of rotatable bonds is 0. The smallest absolute Gasteiger partial charge is 0.0445 e. The van der Waals surface area contributed by atoms with Crippen molar-refractivity contribution in [3.8, 4) is 23.9 Å². The molecule has 35 valence electrons. The van der Waals surface area contributed by atoms with Crippen LogP contribution < -0.4 is 5.32 Å². The predicted molar refractivity (Wildman–Crippen MR) is 29.0 cm³/mol. The lowest BCUT2D eigenvalue weighted by atomic mass is 10.7. The van der Waals surface area contributed by atoms with Crippen LogP contribution in [-0.4, -0.2) is 0 Å². The molecule has 0 rings (SSSR count). The van der Waals surface area contributed by atoms with E-state index in [9.17, 15) is 0 Å². The Morgan fingerprint density at radius 3 is 1.71 bits per heavy atom. The third-order valence-electron chi connectivity index (χ3n) is 0.335. The molecule has 0 saturated heterocycles. The molecule has 0 bridgehead atoms. The monoisotopic (exact) mass is 92.1 g/mol. The first-order chi connectivity index (χ1) is 3.41. The maximum absolute atomic E-state index is 3.49. The third-order valence-corrected chi connectivity index (χ3v) is 0.335. The number of hydrogen-bond donors (Lipinski definition) is 0. The fraction of sp³-hybridized carbons (Fsp3) is 0.333. The maximum Gasteiger partial charge on any atom is 0.0445 e. The van der Waals surface area contributed by atoms with Gasteiger partial charge in [0.1, 0.15) is 0 Å². The summed E-state index contributed by atoms with van der Waals surface area (Å²) in [6.07, 6.45) is 0. The molecule has 0 atom stereocenters. The minimum absolute atomic E-state index is 1.72. The van der Waals surface area contributed by atoms with E-state index in [1.165, 1.54) is 0 Å². The fourth-order valence-electron chi connectivity index (χ4n) is 0.140. The molecular weight excluding hydrogens is 86.1 g/mol. The highest BCUT2D eigenvalue weighted by Gasteiger charge is 1.56. The van der Waals surface area contributed by atoms with Crippen LogP contribution >= 0.6 is 0 Å². The van der Waals surface area contributed by atoms with Gasteiger partial charge in [-0.05, 0) is 13.8 Å². The van der Waals surface area contributed by atoms with E-state index in [0.717, 1.165) is 0 Å². The van der Waals surface area contributed by atoms with Crippen LogP contribution in [0.25, 0.3) is 0 Å². The van der Waals surface area contributed by atoms with Crippen molar-refractivity contribution in [2.75, 3.05) is 0 Å². The van der Waals surface area contributed by atoms with Gasteiger partial charge in [-0.2, -0.15) is 0 Å². The van der Waals surface area contributed by atoms with Gasteiger partial charge in [0.05, 0.1) is 0 Å². The summed E-state index contributed by atoms with van der Waals surface area (Å²) in [7, 11) is 0. The van der Waals surface area contributed by atoms with Crippen LogP contribution in [-0.2, 0) is 0 Å². The Labute approximate surface area is 44.1 Å². The molecule has 1 heteroatoms. The second-order valence-corrected chi connectivity index (χ2v) is 0.835. The highest BCUT2D eigenvalue weighted by Crippen LogP contribution is 1.48. The average Bonchev–Trinajstić information content (AvgIpc) is 1.69. The molecule has 0 saturated carbocycles. The van der Waals surface area contributed by atoms with Crippen LogP contribution in [0.2, 0.25) is 0 Å². The van der Waals surface area contributed by atoms with Crippen molar-refractivity contribution in [3.63, 3.8) is 0 Å². The molecule has 1 nitrogen and oxygen atoms in total. The predicted octanol–water partition coefficient (Wildman–Crippen LogP) is 0.552. The summed E-state index contributed by atoms with van der Waals surface area (Å²) < 4.78 is 0. The van der Waals surface area contributed by atoms with Gasteiger partial charge < -0.3 is 0 Å². The van der Waals surface area contributed by atoms with Crippen LogP contribution in [0.1, 0.15) is 13.8 Å². The Hall–Kier alpha value is -1.08. The Bertz CT molecular complexity index is 119. The zero-order valence-corrected chi connectivity index (χ0v) is 4.45. The Morgan fingerprint density at radius 1 is 1.00 bits per heavy atom. The van der Waals surface area contributed by atoms with Crippen molar-refractivity contribution in [2.24, 2.45) is 0 Å². The highest BCUT2D eigenvalue weighted by atomic mass is 14.8. The van der Waals surface area contributed by atoms with Gasteiger partial charge in [-0.25, -0.2) is 0 Å². The van der Waals surface area contributed by atoms with E-state index in [-0.39, 0.29) is 0 Å². The average molecular weight is 92.1 g/mol. The number of hydrogen-bond acceptors (Lipinski definition) is 0. The highest BCUT2D eigenvalue weighted by molar-refractivity contribution is 5.03. The molecule has 7 heavy (non-hydrogen) atoms. The van der Waals surface area contributed by atoms with Gasteiger partial charge in [0, 0.05) is 12.1 Å².